The van der Waals surface area contributed by atoms with Gasteiger partial charge < -0.3 is 10.6 Å². The van der Waals surface area contributed by atoms with Crippen LogP contribution in [-0.2, 0) is 9.59 Å². The van der Waals surface area contributed by atoms with Crippen molar-refractivity contribution >= 4 is 29.3 Å². The summed E-state index contributed by atoms with van der Waals surface area (Å²) >= 11 is 1.38. The fourth-order valence-corrected chi connectivity index (χ4v) is 3.53. The lowest BCUT2D eigenvalue weighted by molar-refractivity contribution is -0.121. The molecule has 132 valence electrons. The van der Waals surface area contributed by atoms with Crippen LogP contribution in [0.1, 0.15) is 45.1 Å². The summed E-state index contributed by atoms with van der Waals surface area (Å²) in [4.78, 5) is 24.2. The highest BCUT2D eigenvalue weighted by Gasteiger charge is 2.22. The van der Waals surface area contributed by atoms with Gasteiger partial charge in [-0.05, 0) is 57.6 Å². The summed E-state index contributed by atoms with van der Waals surface area (Å²) in [7, 11) is 0. The van der Waals surface area contributed by atoms with Crippen molar-refractivity contribution in [1.29, 1.82) is 0 Å². The fourth-order valence-electron chi connectivity index (χ4n) is 2.83. The average Bonchev–Trinajstić information content (AvgIpc) is 2.57. The smallest absolute Gasteiger partial charge is 0.234 e. The first kappa shape index (κ1) is 18.8. The fraction of sp³-hybridized carbons (Fsp3) is 0.579. The second kappa shape index (κ2) is 9.11. The molecule has 1 aromatic carbocycles. The molecule has 0 spiro atoms. The Morgan fingerprint density at radius 1 is 1.17 bits per heavy atom. The van der Waals surface area contributed by atoms with E-state index in [1.165, 1.54) is 24.6 Å². The highest BCUT2D eigenvalue weighted by Crippen LogP contribution is 2.24. The summed E-state index contributed by atoms with van der Waals surface area (Å²) in [6.45, 7) is 6.14. The Kier molecular flexibility index (Phi) is 7.16. The van der Waals surface area contributed by atoms with Gasteiger partial charge in [-0.25, -0.2) is 0 Å². The van der Waals surface area contributed by atoms with E-state index in [0.29, 0.717) is 6.04 Å². The second-order valence-corrected chi connectivity index (χ2v) is 8.16. The molecular formula is C19H28N2O2S. The Bertz CT molecular complexity index is 551. The highest BCUT2D eigenvalue weighted by atomic mass is 32.2. The van der Waals surface area contributed by atoms with Gasteiger partial charge in [0.2, 0.25) is 11.8 Å². The van der Waals surface area contributed by atoms with E-state index in [1.54, 1.807) is 0 Å². The number of benzene rings is 1. The van der Waals surface area contributed by atoms with Gasteiger partial charge in [0.15, 0.2) is 0 Å². The van der Waals surface area contributed by atoms with E-state index < -0.39 is 0 Å². The number of hydrogen-bond acceptors (Lipinski definition) is 3. The zero-order valence-corrected chi connectivity index (χ0v) is 15.6. The predicted octanol–water partition coefficient (Wildman–Crippen LogP) is 3.75. The first-order valence-corrected chi connectivity index (χ1v) is 9.77. The van der Waals surface area contributed by atoms with E-state index >= 15 is 0 Å². The lowest BCUT2D eigenvalue weighted by atomic mass is 9.87. The number of anilines is 1. The van der Waals surface area contributed by atoms with Gasteiger partial charge >= 0.3 is 0 Å². The van der Waals surface area contributed by atoms with Crippen LogP contribution in [0.2, 0.25) is 0 Å². The van der Waals surface area contributed by atoms with Crippen LogP contribution in [0.4, 0.5) is 5.69 Å². The minimum Gasteiger partial charge on any atom is -0.352 e. The number of hydrogen-bond donors (Lipinski definition) is 2. The molecule has 1 aromatic rings. The number of rotatable bonds is 6. The second-order valence-electron chi connectivity index (χ2n) is 6.83. The van der Waals surface area contributed by atoms with Crippen LogP contribution in [-0.4, -0.2) is 28.9 Å². The normalized spacial score (nSPS) is 21.8. The van der Waals surface area contributed by atoms with Crippen LogP contribution in [0.25, 0.3) is 0 Å². The van der Waals surface area contributed by atoms with E-state index in [-0.39, 0.29) is 22.8 Å². The molecule has 0 aromatic heterocycles. The summed E-state index contributed by atoms with van der Waals surface area (Å²) in [5.74, 6) is 1.03. The number of nitrogens with one attached hydrogen (secondary N) is 2. The van der Waals surface area contributed by atoms with Gasteiger partial charge in [0.1, 0.15) is 0 Å². The van der Waals surface area contributed by atoms with Crippen molar-refractivity contribution in [2.45, 2.75) is 57.7 Å². The van der Waals surface area contributed by atoms with Gasteiger partial charge in [-0.1, -0.05) is 24.6 Å². The summed E-state index contributed by atoms with van der Waals surface area (Å²) in [5, 5.41) is 5.77. The van der Waals surface area contributed by atoms with E-state index in [9.17, 15) is 9.59 Å². The molecule has 2 N–H and O–H groups in total. The number of carbonyl (C=O) groups excluding carboxylic acids is 2. The maximum absolute atomic E-state index is 12.2. The predicted molar refractivity (Wildman–Crippen MR) is 101 cm³/mol. The van der Waals surface area contributed by atoms with Crippen molar-refractivity contribution in [2.24, 2.45) is 5.92 Å². The van der Waals surface area contributed by atoms with Crippen LogP contribution in [0.15, 0.2) is 24.3 Å². The van der Waals surface area contributed by atoms with Gasteiger partial charge in [0.25, 0.3) is 0 Å². The summed E-state index contributed by atoms with van der Waals surface area (Å²) in [6, 6.07) is 8.00. The quantitative estimate of drug-likeness (QED) is 0.823. The van der Waals surface area contributed by atoms with E-state index in [0.717, 1.165) is 30.0 Å². The number of amides is 2. The zero-order valence-electron chi connectivity index (χ0n) is 14.8. The molecule has 1 aliphatic rings. The van der Waals surface area contributed by atoms with Crippen molar-refractivity contribution < 1.29 is 9.59 Å². The summed E-state index contributed by atoms with van der Waals surface area (Å²) < 4.78 is 0. The summed E-state index contributed by atoms with van der Waals surface area (Å²) in [6.07, 6.45) is 4.51. The molecule has 1 saturated carbocycles. The number of carbonyl (C=O) groups is 2. The number of aryl methyl sites for hydroxylation is 1. The van der Waals surface area contributed by atoms with Crippen molar-refractivity contribution in [3.63, 3.8) is 0 Å². The first-order chi connectivity index (χ1) is 11.4. The van der Waals surface area contributed by atoms with Crippen LogP contribution in [0.5, 0.6) is 0 Å². The molecule has 24 heavy (non-hydrogen) atoms. The molecular weight excluding hydrogens is 320 g/mol. The minimum atomic E-state index is -0.215. The van der Waals surface area contributed by atoms with Crippen LogP contribution < -0.4 is 10.6 Å². The topological polar surface area (TPSA) is 58.2 Å². The lowest BCUT2D eigenvalue weighted by Gasteiger charge is -2.27. The van der Waals surface area contributed by atoms with Gasteiger partial charge in [0, 0.05) is 11.7 Å². The molecule has 2 amide bonds. The van der Waals surface area contributed by atoms with E-state index in [2.05, 4.69) is 17.6 Å². The largest absolute Gasteiger partial charge is 0.352 e. The molecule has 1 aliphatic carbocycles. The zero-order chi connectivity index (χ0) is 17.5. The van der Waals surface area contributed by atoms with Crippen LogP contribution in [0, 0.1) is 12.8 Å². The average molecular weight is 349 g/mol. The maximum Gasteiger partial charge on any atom is 0.234 e. The van der Waals surface area contributed by atoms with Gasteiger partial charge in [-0.3, -0.25) is 9.59 Å². The van der Waals surface area contributed by atoms with E-state index in [4.69, 9.17) is 0 Å². The Balaban J connectivity index is 1.69. The van der Waals surface area contributed by atoms with Gasteiger partial charge in [0.05, 0.1) is 11.0 Å². The lowest BCUT2D eigenvalue weighted by Crippen LogP contribution is -2.41. The molecule has 0 radical (unpaired) electrons. The highest BCUT2D eigenvalue weighted by molar-refractivity contribution is 8.01. The maximum atomic E-state index is 12.2. The van der Waals surface area contributed by atoms with Crippen LogP contribution in [0.3, 0.4) is 0 Å². The van der Waals surface area contributed by atoms with Crippen LogP contribution >= 0.6 is 11.8 Å². The molecule has 1 atom stereocenters. The molecule has 0 saturated heterocycles. The Morgan fingerprint density at radius 3 is 2.42 bits per heavy atom. The van der Waals surface area contributed by atoms with Crippen molar-refractivity contribution in [3.05, 3.63) is 29.8 Å². The molecule has 0 bridgehead atoms. The number of thioether (sulfide) groups is 1. The third-order valence-corrected chi connectivity index (χ3v) is 5.67. The third kappa shape index (κ3) is 6.19. The standard InChI is InChI=1S/C19H28N2O2S/c1-13-4-8-16(9-5-13)20-18(22)12-24-15(3)19(23)21-17-10-6-14(2)7-11-17/h4-5,8-9,14-15,17H,6-7,10-12H2,1-3H3,(H,20,22)(H,21,23). The Morgan fingerprint density at radius 2 is 1.79 bits per heavy atom. The molecule has 2 rings (SSSR count). The first-order valence-electron chi connectivity index (χ1n) is 8.72. The van der Waals surface area contributed by atoms with Crippen molar-refractivity contribution in [1.82, 2.24) is 5.32 Å². The molecule has 0 heterocycles. The third-order valence-electron chi connectivity index (χ3n) is 4.53. The molecule has 0 aliphatic heterocycles. The molecule has 4 nitrogen and oxygen atoms in total. The monoisotopic (exact) mass is 348 g/mol. The van der Waals surface area contributed by atoms with Gasteiger partial charge in [-0.15, -0.1) is 11.8 Å². The van der Waals surface area contributed by atoms with Gasteiger partial charge in [-0.2, -0.15) is 0 Å². The Hall–Kier alpha value is -1.49. The molecule has 1 unspecified atom stereocenters. The SMILES string of the molecule is Cc1ccc(NC(=O)CSC(C)C(=O)NC2CCC(C)CC2)cc1. The Labute approximate surface area is 149 Å². The summed E-state index contributed by atoms with van der Waals surface area (Å²) in [5.41, 5.74) is 1.95. The molecule has 5 heteroatoms. The molecule has 1 fully saturated rings. The minimum absolute atomic E-state index is 0.0442. The van der Waals surface area contributed by atoms with E-state index in [1.807, 2.05) is 38.1 Å². The van der Waals surface area contributed by atoms with Crippen molar-refractivity contribution in [2.75, 3.05) is 11.1 Å². The van der Waals surface area contributed by atoms with Crippen molar-refractivity contribution in [3.8, 4) is 0 Å².